The van der Waals surface area contributed by atoms with Crippen molar-refractivity contribution in [2.75, 3.05) is 6.61 Å². The average molecular weight is 173 g/mol. The molecule has 0 saturated heterocycles. The molecular weight excluding hydrogens is 152 g/mol. The number of ether oxygens (including phenoxy) is 2. The first-order chi connectivity index (χ1) is 5.70. The Morgan fingerprint density at radius 2 is 1.83 bits per heavy atom. The van der Waals surface area contributed by atoms with Crippen molar-refractivity contribution in [1.29, 1.82) is 0 Å². The van der Waals surface area contributed by atoms with E-state index in [1.54, 1.807) is 0 Å². The molecule has 0 aromatic carbocycles. The van der Waals surface area contributed by atoms with Crippen LogP contribution in [0.5, 0.6) is 0 Å². The molecule has 0 bridgehead atoms. The highest BCUT2D eigenvalue weighted by molar-refractivity contribution is 4.65. The van der Waals surface area contributed by atoms with E-state index < -0.39 is 0 Å². The molecule has 0 aromatic heterocycles. The monoisotopic (exact) mass is 173 g/mol. The molecule has 0 unspecified atom stereocenters. The molecule has 0 aliphatic rings. The Balaban J connectivity index is 3.54. The van der Waals surface area contributed by atoms with Crippen LogP contribution in [0.2, 0.25) is 0 Å². The van der Waals surface area contributed by atoms with Crippen LogP contribution in [0.4, 0.5) is 0 Å². The predicted molar refractivity (Wildman–Crippen MR) is 50.6 cm³/mol. The van der Waals surface area contributed by atoms with Crippen LogP contribution >= 0.6 is 0 Å². The van der Waals surface area contributed by atoms with Gasteiger partial charge in [-0.2, -0.15) is 0 Å². The van der Waals surface area contributed by atoms with E-state index in [1.165, 1.54) is 0 Å². The lowest BCUT2D eigenvalue weighted by molar-refractivity contribution is -0.0747. The number of rotatable bonds is 7. The Morgan fingerprint density at radius 1 is 1.17 bits per heavy atom. The van der Waals surface area contributed by atoms with Crippen LogP contribution in [0.25, 0.3) is 0 Å². The standard InChI is InChI=1S/C10H21O2/c1-5-7-10(11-8-6-2)12-9(3)4/h9H,5-8H2,1-4H3. The van der Waals surface area contributed by atoms with Gasteiger partial charge in [-0.3, -0.25) is 0 Å². The van der Waals surface area contributed by atoms with Crippen molar-refractivity contribution in [1.82, 2.24) is 0 Å². The Labute approximate surface area is 76.3 Å². The van der Waals surface area contributed by atoms with Gasteiger partial charge in [0.25, 0.3) is 0 Å². The lowest BCUT2D eigenvalue weighted by Gasteiger charge is -2.17. The third-order valence-electron chi connectivity index (χ3n) is 1.29. The van der Waals surface area contributed by atoms with Crippen LogP contribution in [-0.4, -0.2) is 12.7 Å². The summed E-state index contributed by atoms with van der Waals surface area (Å²) in [4.78, 5) is 0. The maximum Gasteiger partial charge on any atom is 0.223 e. The minimum Gasteiger partial charge on any atom is -0.345 e. The highest BCUT2D eigenvalue weighted by atomic mass is 16.7. The van der Waals surface area contributed by atoms with E-state index in [0.29, 0.717) is 0 Å². The molecule has 0 saturated carbocycles. The van der Waals surface area contributed by atoms with Crippen LogP contribution in [0, 0.1) is 6.29 Å². The van der Waals surface area contributed by atoms with Gasteiger partial charge in [0, 0.05) is 13.0 Å². The highest BCUT2D eigenvalue weighted by Gasteiger charge is 2.11. The van der Waals surface area contributed by atoms with E-state index in [-0.39, 0.29) is 6.10 Å². The van der Waals surface area contributed by atoms with E-state index in [2.05, 4.69) is 13.8 Å². The fourth-order valence-corrected chi connectivity index (χ4v) is 0.848. The van der Waals surface area contributed by atoms with Crippen molar-refractivity contribution in [2.45, 2.75) is 53.1 Å². The third-order valence-corrected chi connectivity index (χ3v) is 1.29. The first-order valence-corrected chi connectivity index (χ1v) is 4.86. The maximum atomic E-state index is 5.49. The van der Waals surface area contributed by atoms with Gasteiger partial charge in [-0.05, 0) is 20.3 Å². The second-order valence-electron chi connectivity index (χ2n) is 3.14. The largest absolute Gasteiger partial charge is 0.345 e. The fourth-order valence-electron chi connectivity index (χ4n) is 0.848. The molecule has 73 valence electrons. The molecule has 0 heterocycles. The first-order valence-electron chi connectivity index (χ1n) is 4.86. The van der Waals surface area contributed by atoms with E-state index in [9.17, 15) is 0 Å². The Morgan fingerprint density at radius 3 is 2.25 bits per heavy atom. The van der Waals surface area contributed by atoms with Crippen LogP contribution in [-0.2, 0) is 9.47 Å². The molecule has 2 nitrogen and oxygen atoms in total. The van der Waals surface area contributed by atoms with Crippen molar-refractivity contribution in [3.05, 3.63) is 6.29 Å². The molecule has 1 radical (unpaired) electrons. The van der Waals surface area contributed by atoms with Gasteiger partial charge >= 0.3 is 0 Å². The summed E-state index contributed by atoms with van der Waals surface area (Å²) in [6.45, 7) is 9.02. The molecule has 0 rings (SSSR count). The lowest BCUT2D eigenvalue weighted by Crippen LogP contribution is -2.13. The zero-order valence-corrected chi connectivity index (χ0v) is 8.72. The molecule has 0 spiro atoms. The summed E-state index contributed by atoms with van der Waals surface area (Å²) in [5.41, 5.74) is 0. The van der Waals surface area contributed by atoms with Crippen molar-refractivity contribution >= 4 is 0 Å². The quantitative estimate of drug-likeness (QED) is 0.589. The lowest BCUT2D eigenvalue weighted by atomic mass is 10.3. The van der Waals surface area contributed by atoms with E-state index in [4.69, 9.17) is 9.47 Å². The summed E-state index contributed by atoms with van der Waals surface area (Å²) < 4.78 is 10.9. The van der Waals surface area contributed by atoms with Crippen LogP contribution < -0.4 is 0 Å². The van der Waals surface area contributed by atoms with Gasteiger partial charge in [-0.25, -0.2) is 0 Å². The molecule has 0 amide bonds. The minimum atomic E-state index is 0.225. The number of hydrogen-bond acceptors (Lipinski definition) is 2. The van der Waals surface area contributed by atoms with Crippen molar-refractivity contribution in [2.24, 2.45) is 0 Å². The Kier molecular flexibility index (Phi) is 7.51. The van der Waals surface area contributed by atoms with Gasteiger partial charge in [0.1, 0.15) is 0 Å². The van der Waals surface area contributed by atoms with Crippen molar-refractivity contribution < 1.29 is 9.47 Å². The maximum absolute atomic E-state index is 5.49. The second kappa shape index (κ2) is 7.56. The topological polar surface area (TPSA) is 18.5 Å². The van der Waals surface area contributed by atoms with Crippen molar-refractivity contribution in [3.8, 4) is 0 Å². The molecule has 2 heteroatoms. The number of hydrogen-bond donors (Lipinski definition) is 0. The second-order valence-corrected chi connectivity index (χ2v) is 3.14. The summed E-state index contributed by atoms with van der Waals surface area (Å²) >= 11 is 0. The van der Waals surface area contributed by atoms with Gasteiger partial charge in [0.05, 0.1) is 6.10 Å². The molecule has 0 aromatic rings. The Bertz CT molecular complexity index is 91.8. The van der Waals surface area contributed by atoms with Crippen molar-refractivity contribution in [3.63, 3.8) is 0 Å². The molecule has 0 aliphatic carbocycles. The summed E-state index contributed by atoms with van der Waals surface area (Å²) in [6, 6.07) is 0. The first kappa shape index (κ1) is 11.9. The average Bonchev–Trinajstić information content (AvgIpc) is 2.00. The van der Waals surface area contributed by atoms with Crippen LogP contribution in [0.15, 0.2) is 0 Å². The molecular formula is C10H21O2. The summed E-state index contributed by atoms with van der Waals surface area (Å²) in [7, 11) is 0. The van der Waals surface area contributed by atoms with Gasteiger partial charge in [0.2, 0.25) is 6.29 Å². The SMILES string of the molecule is CCCO[C](CCC)OC(C)C. The zero-order valence-electron chi connectivity index (χ0n) is 8.72. The molecule has 0 aliphatic heterocycles. The zero-order chi connectivity index (χ0) is 9.40. The minimum absolute atomic E-state index is 0.225. The van der Waals surface area contributed by atoms with Crippen LogP contribution in [0.1, 0.15) is 47.0 Å². The summed E-state index contributed by atoms with van der Waals surface area (Å²) in [5.74, 6) is 0. The Hall–Kier alpha value is -0.0800. The van der Waals surface area contributed by atoms with Crippen LogP contribution in [0.3, 0.4) is 0 Å². The van der Waals surface area contributed by atoms with Gasteiger partial charge in [0.15, 0.2) is 0 Å². The highest BCUT2D eigenvalue weighted by Crippen LogP contribution is 2.15. The van der Waals surface area contributed by atoms with Gasteiger partial charge < -0.3 is 9.47 Å². The van der Waals surface area contributed by atoms with Gasteiger partial charge in [-0.1, -0.05) is 20.3 Å². The fraction of sp³-hybridized carbons (Fsp3) is 0.900. The molecule has 0 atom stereocenters. The van der Waals surface area contributed by atoms with E-state index in [0.717, 1.165) is 32.2 Å². The van der Waals surface area contributed by atoms with E-state index >= 15 is 0 Å². The predicted octanol–water partition coefficient (Wildman–Crippen LogP) is 3.13. The van der Waals surface area contributed by atoms with Gasteiger partial charge in [-0.15, -0.1) is 0 Å². The molecule has 0 N–H and O–H groups in total. The summed E-state index contributed by atoms with van der Waals surface area (Å²) in [5, 5.41) is 0. The normalized spacial score (nSPS) is 11.5. The molecule has 12 heavy (non-hydrogen) atoms. The third kappa shape index (κ3) is 6.62. The smallest absolute Gasteiger partial charge is 0.223 e. The summed E-state index contributed by atoms with van der Waals surface area (Å²) in [6.07, 6.45) is 4.05. The molecule has 0 fully saturated rings. The van der Waals surface area contributed by atoms with E-state index in [1.807, 2.05) is 13.8 Å².